The molecule has 0 heterocycles. The van der Waals surface area contributed by atoms with Gasteiger partial charge in [0.25, 0.3) is 5.91 Å². The van der Waals surface area contributed by atoms with Gasteiger partial charge in [0.1, 0.15) is 0 Å². The zero-order valence-corrected chi connectivity index (χ0v) is 15.0. The molecule has 0 saturated carbocycles. The lowest BCUT2D eigenvalue weighted by Crippen LogP contribution is -2.20. The predicted octanol–water partition coefficient (Wildman–Crippen LogP) is 3.77. The van der Waals surface area contributed by atoms with E-state index >= 15 is 0 Å². The molecular formula is C19H15F4NO5. The molecule has 0 spiro atoms. The Hall–Kier alpha value is -3.56. The van der Waals surface area contributed by atoms with Crippen LogP contribution in [0.15, 0.2) is 42.5 Å². The molecule has 10 heteroatoms. The van der Waals surface area contributed by atoms with Crippen molar-refractivity contribution in [3.63, 3.8) is 0 Å². The molecule has 0 atom stereocenters. The van der Waals surface area contributed by atoms with Crippen molar-refractivity contribution in [2.24, 2.45) is 0 Å². The fourth-order valence-electron chi connectivity index (χ4n) is 2.15. The topological polar surface area (TPSA) is 73.9 Å². The Kier molecular flexibility index (Phi) is 7.58. The van der Waals surface area contributed by atoms with Gasteiger partial charge >= 0.3 is 12.6 Å². The molecule has 1 amide bonds. The Morgan fingerprint density at radius 2 is 1.90 bits per heavy atom. The van der Waals surface area contributed by atoms with Gasteiger partial charge in [-0.15, -0.1) is 0 Å². The zero-order valence-electron chi connectivity index (χ0n) is 15.0. The van der Waals surface area contributed by atoms with Crippen molar-refractivity contribution in [1.82, 2.24) is 0 Å². The number of carbonyl (C=O) groups excluding carboxylic acids is 2. The van der Waals surface area contributed by atoms with Gasteiger partial charge in [0.05, 0.1) is 7.11 Å². The van der Waals surface area contributed by atoms with Gasteiger partial charge in [-0.05, 0) is 24.3 Å². The van der Waals surface area contributed by atoms with Crippen LogP contribution in [0, 0.1) is 11.6 Å². The van der Waals surface area contributed by atoms with Crippen LogP contribution in [0.4, 0.5) is 23.2 Å². The third kappa shape index (κ3) is 6.52. The SMILES string of the molecule is COc1cccc(/C=C/C(=O)OCC(=O)Nc2ccc(F)c(F)c2)c1OC(F)F. The molecule has 2 aromatic rings. The number of carbonyl (C=O) groups is 2. The van der Waals surface area contributed by atoms with Gasteiger partial charge in [-0.25, -0.2) is 13.6 Å². The molecule has 0 aliphatic heterocycles. The van der Waals surface area contributed by atoms with Crippen LogP contribution in [0.3, 0.4) is 0 Å². The van der Waals surface area contributed by atoms with Crippen molar-refractivity contribution in [1.29, 1.82) is 0 Å². The van der Waals surface area contributed by atoms with Crippen molar-refractivity contribution < 1.29 is 41.4 Å². The van der Waals surface area contributed by atoms with Crippen LogP contribution in [0.1, 0.15) is 5.56 Å². The van der Waals surface area contributed by atoms with Gasteiger partial charge in [-0.3, -0.25) is 4.79 Å². The highest BCUT2D eigenvalue weighted by Crippen LogP contribution is 2.33. The Bertz CT molecular complexity index is 917. The zero-order chi connectivity index (χ0) is 21.4. The number of anilines is 1. The molecule has 0 bridgehead atoms. The first-order valence-electron chi connectivity index (χ1n) is 8.01. The summed E-state index contributed by atoms with van der Waals surface area (Å²) in [7, 11) is 1.26. The normalized spacial score (nSPS) is 10.8. The molecule has 2 rings (SSSR count). The fraction of sp³-hybridized carbons (Fsp3) is 0.158. The van der Waals surface area contributed by atoms with Gasteiger partial charge in [0.15, 0.2) is 29.7 Å². The van der Waals surface area contributed by atoms with Crippen LogP contribution >= 0.6 is 0 Å². The van der Waals surface area contributed by atoms with Crippen molar-refractivity contribution in [2.75, 3.05) is 19.0 Å². The van der Waals surface area contributed by atoms with E-state index < -0.39 is 36.7 Å². The number of esters is 1. The Labute approximate surface area is 162 Å². The van der Waals surface area contributed by atoms with Gasteiger partial charge < -0.3 is 19.5 Å². The molecule has 2 aromatic carbocycles. The molecule has 0 aliphatic carbocycles. The van der Waals surface area contributed by atoms with E-state index in [1.165, 1.54) is 25.3 Å². The van der Waals surface area contributed by atoms with Crippen LogP contribution in [-0.2, 0) is 14.3 Å². The highest BCUT2D eigenvalue weighted by molar-refractivity contribution is 5.94. The van der Waals surface area contributed by atoms with Crippen LogP contribution in [0.2, 0.25) is 0 Å². The molecule has 1 N–H and O–H groups in total. The van der Waals surface area contributed by atoms with E-state index in [0.29, 0.717) is 0 Å². The van der Waals surface area contributed by atoms with Gasteiger partial charge in [-0.2, -0.15) is 8.78 Å². The number of hydrogen-bond donors (Lipinski definition) is 1. The average molecular weight is 413 g/mol. The largest absolute Gasteiger partial charge is 0.493 e. The van der Waals surface area contributed by atoms with Crippen LogP contribution in [-0.4, -0.2) is 32.2 Å². The third-order valence-corrected chi connectivity index (χ3v) is 3.38. The number of halogens is 4. The number of benzene rings is 2. The lowest BCUT2D eigenvalue weighted by Gasteiger charge is -2.12. The quantitative estimate of drug-likeness (QED) is 0.405. The van der Waals surface area contributed by atoms with Gasteiger partial charge in [0.2, 0.25) is 0 Å². The Morgan fingerprint density at radius 3 is 2.55 bits per heavy atom. The molecule has 0 fully saturated rings. The summed E-state index contributed by atoms with van der Waals surface area (Å²) in [5, 5.41) is 2.22. The first-order valence-corrected chi connectivity index (χ1v) is 8.01. The highest BCUT2D eigenvalue weighted by atomic mass is 19.3. The van der Waals surface area contributed by atoms with E-state index in [-0.39, 0.29) is 22.7 Å². The maximum atomic E-state index is 13.1. The smallest absolute Gasteiger partial charge is 0.387 e. The number of nitrogens with one attached hydrogen (secondary N) is 1. The Morgan fingerprint density at radius 1 is 1.14 bits per heavy atom. The number of para-hydroxylation sites is 1. The minimum absolute atomic E-state index is 0.0225. The van der Waals surface area contributed by atoms with Crippen molar-refractivity contribution in [3.05, 3.63) is 59.7 Å². The molecule has 154 valence electrons. The number of hydrogen-bond acceptors (Lipinski definition) is 5. The summed E-state index contributed by atoms with van der Waals surface area (Å²) in [5.74, 6) is -4.20. The molecular weight excluding hydrogens is 398 g/mol. The van der Waals surface area contributed by atoms with E-state index in [4.69, 9.17) is 9.47 Å². The lowest BCUT2D eigenvalue weighted by atomic mass is 10.1. The summed E-state index contributed by atoms with van der Waals surface area (Å²) >= 11 is 0. The average Bonchev–Trinajstić information content (AvgIpc) is 2.68. The van der Waals surface area contributed by atoms with Crippen molar-refractivity contribution >= 4 is 23.6 Å². The second kappa shape index (κ2) is 10.1. The third-order valence-electron chi connectivity index (χ3n) is 3.38. The maximum absolute atomic E-state index is 13.1. The van der Waals surface area contributed by atoms with E-state index in [1.54, 1.807) is 0 Å². The van der Waals surface area contributed by atoms with Crippen LogP contribution in [0.5, 0.6) is 11.5 Å². The predicted molar refractivity (Wildman–Crippen MR) is 94.6 cm³/mol. The number of methoxy groups -OCH3 is 1. The highest BCUT2D eigenvalue weighted by Gasteiger charge is 2.14. The molecule has 29 heavy (non-hydrogen) atoms. The minimum atomic E-state index is -3.11. The first kappa shape index (κ1) is 21.7. The monoisotopic (exact) mass is 413 g/mol. The van der Waals surface area contributed by atoms with Crippen molar-refractivity contribution in [3.8, 4) is 11.5 Å². The summed E-state index contributed by atoms with van der Waals surface area (Å²) in [4.78, 5) is 23.4. The Balaban J connectivity index is 1.96. The molecule has 0 saturated heterocycles. The fourth-order valence-corrected chi connectivity index (χ4v) is 2.15. The molecule has 0 aliphatic rings. The van der Waals surface area contributed by atoms with Crippen LogP contribution < -0.4 is 14.8 Å². The maximum Gasteiger partial charge on any atom is 0.387 e. The van der Waals surface area contributed by atoms with E-state index in [0.717, 1.165) is 30.4 Å². The van der Waals surface area contributed by atoms with Crippen LogP contribution in [0.25, 0.3) is 6.08 Å². The summed E-state index contributed by atoms with van der Waals surface area (Å²) in [6.07, 6.45) is 2.05. The summed E-state index contributed by atoms with van der Waals surface area (Å²) in [6, 6.07) is 7.02. The lowest BCUT2D eigenvalue weighted by molar-refractivity contribution is -0.142. The molecule has 0 aromatic heterocycles. The van der Waals surface area contributed by atoms with Gasteiger partial charge in [0, 0.05) is 23.4 Å². The summed E-state index contributed by atoms with van der Waals surface area (Å²) in [6.45, 7) is -3.81. The number of rotatable bonds is 8. The number of ether oxygens (including phenoxy) is 3. The first-order chi connectivity index (χ1) is 13.8. The molecule has 6 nitrogen and oxygen atoms in total. The van der Waals surface area contributed by atoms with E-state index in [2.05, 4.69) is 10.1 Å². The van der Waals surface area contributed by atoms with E-state index in [1.807, 2.05) is 0 Å². The standard InChI is InChI=1S/C19H15F4NO5/c1-27-15-4-2-3-11(18(15)29-19(22)23)5-8-17(26)28-10-16(25)24-12-6-7-13(20)14(21)9-12/h2-9,19H,10H2,1H3,(H,24,25)/b8-5+. The molecule has 0 radical (unpaired) electrons. The van der Waals surface area contributed by atoms with Gasteiger partial charge in [-0.1, -0.05) is 12.1 Å². The second-order valence-corrected chi connectivity index (χ2v) is 5.38. The number of alkyl halides is 2. The van der Waals surface area contributed by atoms with E-state index in [9.17, 15) is 27.2 Å². The van der Waals surface area contributed by atoms with Crippen molar-refractivity contribution in [2.45, 2.75) is 6.61 Å². The minimum Gasteiger partial charge on any atom is -0.493 e. The summed E-state index contributed by atoms with van der Waals surface area (Å²) in [5.41, 5.74) is 0.0958. The summed E-state index contributed by atoms with van der Waals surface area (Å²) < 4.78 is 65.1. The second-order valence-electron chi connectivity index (χ2n) is 5.38. The molecule has 0 unspecified atom stereocenters. The number of amides is 1.